The molecule has 0 atom stereocenters. The zero-order valence-electron chi connectivity index (χ0n) is 21.9. The molecule has 0 amide bonds. The van der Waals surface area contributed by atoms with E-state index in [-0.39, 0.29) is 0 Å². The van der Waals surface area contributed by atoms with Crippen molar-refractivity contribution >= 4 is 38.9 Å². The number of benzene rings is 3. The van der Waals surface area contributed by atoms with Gasteiger partial charge < -0.3 is 4.43 Å². The van der Waals surface area contributed by atoms with E-state index in [0.29, 0.717) is 22.2 Å². The Kier molecular flexibility index (Phi) is 9.05. The molecule has 0 N–H and O–H groups in total. The van der Waals surface area contributed by atoms with Crippen LogP contribution >= 0.6 is 0 Å². The van der Waals surface area contributed by atoms with Crippen molar-refractivity contribution in [2.45, 2.75) is 58.2 Å². The Labute approximate surface area is 212 Å². The fraction of sp³-hybridized carbons (Fsp3) is 0.281. The van der Waals surface area contributed by atoms with E-state index in [1.807, 2.05) is 24.3 Å². The van der Waals surface area contributed by atoms with Crippen LogP contribution in [0.5, 0.6) is 5.75 Å². The van der Waals surface area contributed by atoms with E-state index in [9.17, 15) is 4.79 Å². The number of hydrogen-bond acceptors (Lipinski definition) is 2. The fourth-order valence-electron chi connectivity index (χ4n) is 4.99. The Bertz CT molecular complexity index is 1110. The van der Waals surface area contributed by atoms with Gasteiger partial charge in [0.15, 0.2) is 0 Å². The monoisotopic (exact) mass is 482 g/mol. The van der Waals surface area contributed by atoms with Crippen LogP contribution in [0.1, 0.15) is 74.2 Å². The maximum Gasteiger partial charge on any atom is 0.258 e. The highest BCUT2D eigenvalue weighted by molar-refractivity contribution is 6.78. The highest BCUT2D eigenvalue weighted by atomic mass is 28.4. The molecule has 2 nitrogen and oxygen atoms in total. The molecule has 182 valence electrons. The summed E-state index contributed by atoms with van der Waals surface area (Å²) in [6, 6.07) is 24.5. The SMILES string of the molecule is CC(C)[Si](Oc1ccc(C=Cc2ccc(C=Cc3ccc(C=O)cc3)cc2)cc1)(C(C)C)C(C)C. The third kappa shape index (κ3) is 6.70. The second-order valence-corrected chi connectivity index (χ2v) is 15.5. The summed E-state index contributed by atoms with van der Waals surface area (Å²) >= 11 is 0. The molecule has 0 radical (unpaired) electrons. The van der Waals surface area contributed by atoms with Gasteiger partial charge in [-0.15, -0.1) is 0 Å². The average Bonchev–Trinajstić information content (AvgIpc) is 2.85. The molecule has 0 bridgehead atoms. The van der Waals surface area contributed by atoms with Gasteiger partial charge in [-0.05, 0) is 51.0 Å². The van der Waals surface area contributed by atoms with E-state index >= 15 is 0 Å². The van der Waals surface area contributed by atoms with Crippen molar-refractivity contribution in [3.63, 3.8) is 0 Å². The van der Waals surface area contributed by atoms with Gasteiger partial charge in [-0.1, -0.05) is 127 Å². The fourth-order valence-corrected chi connectivity index (χ4v) is 10.2. The minimum absolute atomic E-state index is 0.558. The van der Waals surface area contributed by atoms with E-state index in [0.717, 1.165) is 34.3 Å². The van der Waals surface area contributed by atoms with Crippen molar-refractivity contribution < 1.29 is 9.22 Å². The Hall–Kier alpha value is -3.17. The lowest BCUT2D eigenvalue weighted by molar-refractivity contribution is 0.112. The number of aldehydes is 1. The molecular weight excluding hydrogens is 444 g/mol. The van der Waals surface area contributed by atoms with E-state index in [4.69, 9.17) is 4.43 Å². The standard InChI is InChI=1S/C32H38O2Si/c1-24(2)35(25(3)4,26(5)6)34-32-21-19-30(20-22-32)14-13-28-9-7-27(8-10-28)11-12-29-15-17-31(23-33)18-16-29/h7-26H,1-6H3. The van der Waals surface area contributed by atoms with Crippen LogP contribution in [0.3, 0.4) is 0 Å². The molecule has 0 saturated heterocycles. The summed E-state index contributed by atoms with van der Waals surface area (Å²) < 4.78 is 6.78. The number of carbonyl (C=O) groups is 1. The maximum absolute atomic E-state index is 10.8. The predicted molar refractivity (Wildman–Crippen MR) is 154 cm³/mol. The van der Waals surface area contributed by atoms with Crippen LogP contribution in [0.4, 0.5) is 0 Å². The van der Waals surface area contributed by atoms with Crippen LogP contribution in [-0.2, 0) is 0 Å². The van der Waals surface area contributed by atoms with E-state index in [1.165, 1.54) is 0 Å². The van der Waals surface area contributed by atoms with Crippen molar-refractivity contribution in [1.82, 2.24) is 0 Å². The van der Waals surface area contributed by atoms with Crippen LogP contribution in [0, 0.1) is 0 Å². The first-order valence-corrected chi connectivity index (χ1v) is 14.7. The second kappa shape index (κ2) is 12.0. The Balaban J connectivity index is 1.64. The molecular formula is C32H38O2Si. The number of rotatable bonds is 10. The highest BCUT2D eigenvalue weighted by Crippen LogP contribution is 2.42. The van der Waals surface area contributed by atoms with Gasteiger partial charge in [-0.2, -0.15) is 0 Å². The minimum Gasteiger partial charge on any atom is -0.543 e. The van der Waals surface area contributed by atoms with Crippen molar-refractivity contribution in [3.8, 4) is 5.75 Å². The first kappa shape index (κ1) is 26.4. The summed E-state index contributed by atoms with van der Waals surface area (Å²) in [5, 5.41) is 0. The number of hydrogen-bond donors (Lipinski definition) is 0. The summed E-state index contributed by atoms with van der Waals surface area (Å²) in [4.78, 5) is 10.8. The van der Waals surface area contributed by atoms with Gasteiger partial charge in [0.25, 0.3) is 8.32 Å². The van der Waals surface area contributed by atoms with Gasteiger partial charge in [0, 0.05) is 5.56 Å². The molecule has 3 rings (SSSR count). The van der Waals surface area contributed by atoms with Gasteiger partial charge in [-0.25, -0.2) is 0 Å². The molecule has 3 aromatic carbocycles. The van der Waals surface area contributed by atoms with Crippen LogP contribution in [-0.4, -0.2) is 14.6 Å². The lowest BCUT2D eigenvalue weighted by Crippen LogP contribution is -2.50. The van der Waals surface area contributed by atoms with Gasteiger partial charge in [0.05, 0.1) is 0 Å². The van der Waals surface area contributed by atoms with E-state index in [2.05, 4.69) is 114 Å². The first-order valence-electron chi connectivity index (χ1n) is 12.5. The van der Waals surface area contributed by atoms with Gasteiger partial charge in [-0.3, -0.25) is 4.79 Å². The van der Waals surface area contributed by atoms with Gasteiger partial charge in [0.1, 0.15) is 12.0 Å². The lowest BCUT2D eigenvalue weighted by atomic mass is 10.1. The van der Waals surface area contributed by atoms with Crippen molar-refractivity contribution in [2.75, 3.05) is 0 Å². The molecule has 3 aromatic rings. The smallest absolute Gasteiger partial charge is 0.258 e. The molecule has 3 heteroatoms. The Morgan fingerprint density at radius 2 is 0.800 bits per heavy atom. The zero-order valence-corrected chi connectivity index (χ0v) is 22.9. The van der Waals surface area contributed by atoms with E-state index in [1.54, 1.807) is 0 Å². The molecule has 0 aliphatic carbocycles. The molecule has 0 spiro atoms. The van der Waals surface area contributed by atoms with Crippen molar-refractivity contribution in [1.29, 1.82) is 0 Å². The number of carbonyl (C=O) groups excluding carboxylic acids is 1. The summed E-state index contributed by atoms with van der Waals surface area (Å²) in [6.45, 7) is 13.9. The maximum atomic E-state index is 10.8. The minimum atomic E-state index is -1.93. The molecule has 35 heavy (non-hydrogen) atoms. The largest absolute Gasteiger partial charge is 0.543 e. The molecule has 0 saturated carbocycles. The van der Waals surface area contributed by atoms with Crippen molar-refractivity contribution in [3.05, 3.63) is 101 Å². The quantitative estimate of drug-likeness (QED) is 0.163. The van der Waals surface area contributed by atoms with Crippen LogP contribution < -0.4 is 4.43 Å². The summed E-state index contributed by atoms with van der Waals surface area (Å²) in [5.41, 5.74) is 6.89. The lowest BCUT2D eigenvalue weighted by Gasteiger charge is -2.42. The molecule has 0 aromatic heterocycles. The van der Waals surface area contributed by atoms with Gasteiger partial charge >= 0.3 is 0 Å². The molecule has 0 unspecified atom stereocenters. The second-order valence-electron chi connectivity index (χ2n) is 10.1. The van der Waals surface area contributed by atoms with Crippen molar-refractivity contribution in [2.24, 2.45) is 0 Å². The summed E-state index contributed by atoms with van der Waals surface area (Å²) in [6.07, 6.45) is 9.27. The van der Waals surface area contributed by atoms with Crippen LogP contribution in [0.25, 0.3) is 24.3 Å². The highest BCUT2D eigenvalue weighted by Gasteiger charge is 2.46. The third-order valence-corrected chi connectivity index (χ3v) is 12.8. The van der Waals surface area contributed by atoms with Crippen LogP contribution in [0.2, 0.25) is 16.6 Å². The van der Waals surface area contributed by atoms with Gasteiger partial charge in [0.2, 0.25) is 0 Å². The van der Waals surface area contributed by atoms with E-state index < -0.39 is 8.32 Å². The molecule has 0 fully saturated rings. The summed E-state index contributed by atoms with van der Waals surface area (Å²) in [7, 11) is -1.93. The molecule has 0 heterocycles. The predicted octanol–water partition coefficient (Wildman–Crippen LogP) is 9.39. The normalized spacial score (nSPS) is 12.4. The zero-order chi connectivity index (χ0) is 25.4. The average molecular weight is 483 g/mol. The Morgan fingerprint density at radius 1 is 0.514 bits per heavy atom. The topological polar surface area (TPSA) is 26.3 Å². The molecule has 0 aliphatic heterocycles. The Morgan fingerprint density at radius 3 is 1.09 bits per heavy atom. The third-order valence-electron chi connectivity index (χ3n) is 6.83. The van der Waals surface area contributed by atoms with Crippen LogP contribution in [0.15, 0.2) is 72.8 Å². The first-order chi connectivity index (χ1) is 16.7. The molecule has 0 aliphatic rings. The summed E-state index contributed by atoms with van der Waals surface area (Å²) in [5.74, 6) is 0.988.